The van der Waals surface area contributed by atoms with Gasteiger partial charge in [0.25, 0.3) is 0 Å². The van der Waals surface area contributed by atoms with Gasteiger partial charge in [0.15, 0.2) is 0 Å². The Bertz CT molecular complexity index is 462. The molecule has 0 saturated carbocycles. The van der Waals surface area contributed by atoms with E-state index in [9.17, 15) is 22.2 Å². The molecule has 0 radical (unpaired) electrons. The highest BCUT2D eigenvalue weighted by Gasteiger charge is 2.30. The molecule has 0 aromatic heterocycles. The quantitative estimate of drug-likeness (QED) is 0.836. The second-order valence-electron chi connectivity index (χ2n) is 3.90. The Morgan fingerprint density at radius 2 is 1.90 bits per heavy atom. The molecule has 8 heteroatoms. The maximum Gasteiger partial charge on any atom is 0.522 e. The normalized spacial score (nSPS) is 14.8. The number of halogens is 3. The van der Waals surface area contributed by atoms with E-state index in [1.807, 2.05) is 0 Å². The van der Waals surface area contributed by atoms with E-state index in [1.165, 1.54) is 0 Å². The standard InChI is InChI=1S/C12H13F3O4S/c13-12(14,15)19-6-7-20(18)10(11(16)17)8-9-4-2-1-3-5-9/h1-5,10H,6-8H2,(H,16,17). The Morgan fingerprint density at radius 3 is 2.40 bits per heavy atom. The first kappa shape index (κ1) is 16.6. The third kappa shape index (κ3) is 6.16. The minimum atomic E-state index is -4.80. The minimum Gasteiger partial charge on any atom is -0.480 e. The molecule has 0 fully saturated rings. The largest absolute Gasteiger partial charge is 0.522 e. The van der Waals surface area contributed by atoms with Crippen LogP contribution in [0, 0.1) is 0 Å². The summed E-state index contributed by atoms with van der Waals surface area (Å²) in [6.07, 6.45) is -4.81. The van der Waals surface area contributed by atoms with Crippen LogP contribution in [0.15, 0.2) is 30.3 Å². The molecule has 1 aromatic carbocycles. The van der Waals surface area contributed by atoms with Gasteiger partial charge in [-0.2, -0.15) is 0 Å². The first-order valence-electron chi connectivity index (χ1n) is 5.64. The van der Waals surface area contributed by atoms with E-state index in [2.05, 4.69) is 4.74 Å². The topological polar surface area (TPSA) is 63.6 Å². The molecule has 0 spiro atoms. The first-order valence-corrected chi connectivity index (χ1v) is 7.02. The molecule has 0 aliphatic carbocycles. The van der Waals surface area contributed by atoms with Crippen molar-refractivity contribution in [3.63, 3.8) is 0 Å². The number of carboxylic acids is 1. The number of ether oxygens (including phenoxy) is 1. The zero-order valence-corrected chi connectivity index (χ0v) is 11.1. The SMILES string of the molecule is O=C(O)C(Cc1ccccc1)S(=O)CCOC(F)(F)F. The van der Waals surface area contributed by atoms with Crippen LogP contribution in [0.5, 0.6) is 0 Å². The molecule has 1 aromatic rings. The smallest absolute Gasteiger partial charge is 0.480 e. The Morgan fingerprint density at radius 1 is 1.30 bits per heavy atom. The summed E-state index contributed by atoms with van der Waals surface area (Å²) in [6, 6.07) is 8.47. The van der Waals surface area contributed by atoms with Gasteiger partial charge in [-0.3, -0.25) is 13.7 Å². The van der Waals surface area contributed by atoms with Crippen molar-refractivity contribution >= 4 is 16.8 Å². The molecule has 0 amide bonds. The molecule has 0 bridgehead atoms. The number of alkyl halides is 3. The molecule has 112 valence electrons. The van der Waals surface area contributed by atoms with Gasteiger partial charge in [-0.15, -0.1) is 13.2 Å². The minimum absolute atomic E-state index is 0.00516. The van der Waals surface area contributed by atoms with Gasteiger partial charge in [-0.1, -0.05) is 30.3 Å². The van der Waals surface area contributed by atoms with Crippen LogP contribution in [-0.4, -0.2) is 39.3 Å². The van der Waals surface area contributed by atoms with E-state index in [0.717, 1.165) is 0 Å². The van der Waals surface area contributed by atoms with E-state index in [1.54, 1.807) is 30.3 Å². The summed E-state index contributed by atoms with van der Waals surface area (Å²) in [6.45, 7) is -0.825. The Hall–Kier alpha value is -1.41. The van der Waals surface area contributed by atoms with Crippen LogP contribution < -0.4 is 0 Å². The fourth-order valence-corrected chi connectivity index (χ4v) is 2.64. The lowest BCUT2D eigenvalue weighted by Crippen LogP contribution is -2.31. The summed E-state index contributed by atoms with van der Waals surface area (Å²) in [7, 11) is -1.95. The Balaban J connectivity index is 2.58. The van der Waals surface area contributed by atoms with Crippen molar-refractivity contribution in [3.05, 3.63) is 35.9 Å². The van der Waals surface area contributed by atoms with Gasteiger partial charge in [0.05, 0.1) is 6.61 Å². The number of carboxylic acid groups (broad SMARTS) is 1. The van der Waals surface area contributed by atoms with E-state index in [-0.39, 0.29) is 6.42 Å². The van der Waals surface area contributed by atoms with Crippen molar-refractivity contribution < 1.29 is 32.0 Å². The Labute approximate surface area is 116 Å². The highest BCUT2D eigenvalue weighted by Crippen LogP contribution is 2.16. The van der Waals surface area contributed by atoms with Gasteiger partial charge < -0.3 is 5.11 Å². The van der Waals surface area contributed by atoms with E-state index in [4.69, 9.17) is 5.11 Å². The number of rotatable bonds is 7. The summed E-state index contributed by atoms with van der Waals surface area (Å²) in [4.78, 5) is 11.0. The van der Waals surface area contributed by atoms with Crippen molar-refractivity contribution in [2.45, 2.75) is 18.0 Å². The van der Waals surface area contributed by atoms with Crippen molar-refractivity contribution in [1.82, 2.24) is 0 Å². The van der Waals surface area contributed by atoms with Crippen LogP contribution >= 0.6 is 0 Å². The monoisotopic (exact) mass is 310 g/mol. The van der Waals surface area contributed by atoms with E-state index in [0.29, 0.717) is 5.56 Å². The summed E-state index contributed by atoms with van der Waals surface area (Å²) in [5.41, 5.74) is 0.657. The fraction of sp³-hybridized carbons (Fsp3) is 0.417. The van der Waals surface area contributed by atoms with Gasteiger partial charge in [-0.05, 0) is 12.0 Å². The van der Waals surface area contributed by atoms with Crippen molar-refractivity contribution in [3.8, 4) is 0 Å². The van der Waals surface area contributed by atoms with Crippen molar-refractivity contribution in [2.75, 3.05) is 12.4 Å². The number of aliphatic carboxylic acids is 1. The van der Waals surface area contributed by atoms with Crippen molar-refractivity contribution in [2.24, 2.45) is 0 Å². The molecule has 0 aliphatic rings. The molecule has 1 N–H and O–H groups in total. The third-order valence-corrected chi connectivity index (χ3v) is 3.98. The molecule has 0 saturated heterocycles. The van der Waals surface area contributed by atoms with Gasteiger partial charge in [-0.25, -0.2) is 0 Å². The van der Waals surface area contributed by atoms with Crippen LogP contribution in [0.2, 0.25) is 0 Å². The van der Waals surface area contributed by atoms with Crippen LogP contribution in [0.25, 0.3) is 0 Å². The second-order valence-corrected chi connectivity index (χ2v) is 5.63. The molecule has 0 heterocycles. The average molecular weight is 310 g/mol. The fourth-order valence-electron chi connectivity index (χ4n) is 1.50. The summed E-state index contributed by atoms with van der Waals surface area (Å²) in [5.74, 6) is -1.79. The highest BCUT2D eigenvalue weighted by molar-refractivity contribution is 7.86. The van der Waals surface area contributed by atoms with E-state index < -0.39 is 40.7 Å². The first-order chi connectivity index (χ1) is 9.29. The van der Waals surface area contributed by atoms with Gasteiger partial charge in [0.2, 0.25) is 0 Å². The third-order valence-electron chi connectivity index (χ3n) is 2.41. The molecule has 2 unspecified atom stereocenters. The number of hydrogen-bond donors (Lipinski definition) is 1. The van der Waals surface area contributed by atoms with Gasteiger partial charge in [0.1, 0.15) is 5.25 Å². The van der Waals surface area contributed by atoms with Crippen LogP contribution in [0.1, 0.15) is 5.56 Å². The average Bonchev–Trinajstić information content (AvgIpc) is 2.35. The predicted molar refractivity (Wildman–Crippen MR) is 66.6 cm³/mol. The van der Waals surface area contributed by atoms with Crippen LogP contribution in [0.3, 0.4) is 0 Å². The maximum atomic E-state index is 11.8. The Kier molecular flexibility index (Phi) is 6.15. The summed E-state index contributed by atoms with van der Waals surface area (Å²) < 4.78 is 50.6. The molecule has 4 nitrogen and oxygen atoms in total. The molecule has 1 rings (SSSR count). The zero-order valence-electron chi connectivity index (χ0n) is 10.3. The molecule has 0 aliphatic heterocycles. The number of carbonyl (C=O) groups is 1. The predicted octanol–water partition coefficient (Wildman–Crippen LogP) is 1.97. The lowest BCUT2D eigenvalue weighted by molar-refractivity contribution is -0.322. The van der Waals surface area contributed by atoms with Crippen LogP contribution in [0.4, 0.5) is 13.2 Å². The molecule has 2 atom stereocenters. The lowest BCUT2D eigenvalue weighted by atomic mass is 10.1. The van der Waals surface area contributed by atoms with Crippen molar-refractivity contribution in [1.29, 1.82) is 0 Å². The molecule has 20 heavy (non-hydrogen) atoms. The maximum absolute atomic E-state index is 11.8. The number of benzene rings is 1. The zero-order chi connectivity index (χ0) is 15.2. The molecular weight excluding hydrogens is 297 g/mol. The van der Waals surface area contributed by atoms with Gasteiger partial charge in [0, 0.05) is 16.6 Å². The van der Waals surface area contributed by atoms with Crippen LogP contribution in [-0.2, 0) is 26.8 Å². The lowest BCUT2D eigenvalue weighted by Gasteiger charge is -2.13. The van der Waals surface area contributed by atoms with Gasteiger partial charge >= 0.3 is 12.3 Å². The number of hydrogen-bond acceptors (Lipinski definition) is 3. The summed E-state index contributed by atoms with van der Waals surface area (Å²) >= 11 is 0. The highest BCUT2D eigenvalue weighted by atomic mass is 32.2. The second kappa shape index (κ2) is 7.39. The molecular formula is C12H13F3O4S. The summed E-state index contributed by atoms with van der Waals surface area (Å²) in [5, 5.41) is 7.75. The van der Waals surface area contributed by atoms with E-state index >= 15 is 0 Å².